The van der Waals surface area contributed by atoms with Gasteiger partial charge in [-0.05, 0) is 36.1 Å². The van der Waals surface area contributed by atoms with Crippen molar-refractivity contribution in [2.75, 3.05) is 13.1 Å². The van der Waals surface area contributed by atoms with Crippen LogP contribution in [0.15, 0.2) is 54.6 Å². The van der Waals surface area contributed by atoms with Crippen LogP contribution in [0.2, 0.25) is 0 Å². The summed E-state index contributed by atoms with van der Waals surface area (Å²) in [5.41, 5.74) is 2.93. The number of β-amino-alcohol motifs (C(OH)–C–C–N with tert-alkyl or cyclic N) is 1. The van der Waals surface area contributed by atoms with Crippen molar-refractivity contribution in [2.24, 2.45) is 0 Å². The number of nitrogens with zero attached hydrogens (tertiary/aromatic N) is 1. The molecule has 108 valence electrons. The summed E-state index contributed by atoms with van der Waals surface area (Å²) in [5, 5.41) is 9.67. The molecule has 1 fully saturated rings. The molecule has 1 aliphatic rings. The van der Waals surface area contributed by atoms with E-state index in [4.69, 9.17) is 0 Å². The Morgan fingerprint density at radius 1 is 1.00 bits per heavy atom. The third kappa shape index (κ3) is 3.14. The molecule has 0 saturated carbocycles. The first-order valence-corrected chi connectivity index (χ1v) is 7.37. The number of aliphatic hydroxyl groups excluding tert-OH is 1. The zero-order valence-electron chi connectivity index (χ0n) is 11.9. The van der Waals surface area contributed by atoms with Gasteiger partial charge in [0.1, 0.15) is 0 Å². The summed E-state index contributed by atoms with van der Waals surface area (Å²) < 4.78 is 0. The standard InChI is InChI=1S/C18H19NO2/c20-17-7-4-12-19(13-17)18(21)16-10-8-15(9-11-16)14-5-2-1-3-6-14/h1-3,5-6,8-11,17,20H,4,7,12-13H2/t17-/m1/s1. The van der Waals surface area contributed by atoms with Gasteiger partial charge in [-0.15, -0.1) is 0 Å². The second-order valence-electron chi connectivity index (χ2n) is 5.49. The average Bonchev–Trinajstić information content (AvgIpc) is 2.55. The SMILES string of the molecule is O=C(c1ccc(-c2ccccc2)cc1)N1CCC[C@@H](O)C1. The fourth-order valence-electron chi connectivity index (χ4n) is 2.76. The van der Waals surface area contributed by atoms with E-state index in [9.17, 15) is 9.90 Å². The molecule has 21 heavy (non-hydrogen) atoms. The summed E-state index contributed by atoms with van der Waals surface area (Å²) in [6.45, 7) is 1.18. The lowest BCUT2D eigenvalue weighted by molar-refractivity contribution is 0.0474. The Morgan fingerprint density at radius 3 is 2.33 bits per heavy atom. The molecule has 2 aromatic rings. The first-order chi connectivity index (χ1) is 10.2. The molecule has 1 heterocycles. The number of amides is 1. The Labute approximate surface area is 124 Å². The lowest BCUT2D eigenvalue weighted by Gasteiger charge is -2.30. The molecule has 0 aliphatic carbocycles. The largest absolute Gasteiger partial charge is 0.391 e. The maximum Gasteiger partial charge on any atom is 0.253 e. The van der Waals surface area contributed by atoms with Gasteiger partial charge >= 0.3 is 0 Å². The fraction of sp³-hybridized carbons (Fsp3) is 0.278. The number of carbonyl (C=O) groups excluding carboxylic acids is 1. The molecule has 0 aromatic heterocycles. The van der Waals surface area contributed by atoms with Gasteiger partial charge in [-0.25, -0.2) is 0 Å². The summed E-state index contributed by atoms with van der Waals surface area (Å²) in [6, 6.07) is 17.8. The third-order valence-electron chi connectivity index (χ3n) is 3.92. The molecule has 1 N–H and O–H groups in total. The summed E-state index contributed by atoms with van der Waals surface area (Å²) >= 11 is 0. The summed E-state index contributed by atoms with van der Waals surface area (Å²) in [6.07, 6.45) is 1.28. The minimum Gasteiger partial charge on any atom is -0.391 e. The van der Waals surface area contributed by atoms with Gasteiger partial charge in [0.25, 0.3) is 5.91 Å². The van der Waals surface area contributed by atoms with Crippen LogP contribution in [0.1, 0.15) is 23.2 Å². The molecule has 3 nitrogen and oxygen atoms in total. The predicted molar refractivity (Wildman–Crippen MR) is 83.0 cm³/mol. The van der Waals surface area contributed by atoms with Crippen LogP contribution in [0.25, 0.3) is 11.1 Å². The minimum absolute atomic E-state index is 0.00774. The molecule has 2 aromatic carbocycles. The van der Waals surface area contributed by atoms with Crippen molar-refractivity contribution in [1.82, 2.24) is 4.90 Å². The van der Waals surface area contributed by atoms with E-state index in [1.165, 1.54) is 0 Å². The number of rotatable bonds is 2. The van der Waals surface area contributed by atoms with Gasteiger partial charge < -0.3 is 10.0 Å². The molecule has 0 spiro atoms. The second kappa shape index (κ2) is 6.10. The quantitative estimate of drug-likeness (QED) is 0.919. The van der Waals surface area contributed by atoms with E-state index in [1.54, 1.807) is 4.90 Å². The normalized spacial score (nSPS) is 18.5. The van der Waals surface area contributed by atoms with Gasteiger partial charge in [-0.1, -0.05) is 42.5 Å². The Balaban J connectivity index is 1.76. The molecule has 3 heteroatoms. The summed E-state index contributed by atoms with van der Waals surface area (Å²) in [7, 11) is 0. The summed E-state index contributed by atoms with van der Waals surface area (Å²) in [4.78, 5) is 14.1. The van der Waals surface area contributed by atoms with Gasteiger partial charge in [0.05, 0.1) is 6.10 Å². The zero-order chi connectivity index (χ0) is 14.7. The molecule has 3 rings (SSSR count). The fourth-order valence-corrected chi connectivity index (χ4v) is 2.76. The predicted octanol–water partition coefficient (Wildman–Crippen LogP) is 2.95. The van der Waals surface area contributed by atoms with Crippen molar-refractivity contribution in [3.05, 3.63) is 60.2 Å². The van der Waals surface area contributed by atoms with Crippen LogP contribution in [-0.2, 0) is 0 Å². The monoisotopic (exact) mass is 281 g/mol. The van der Waals surface area contributed by atoms with Gasteiger partial charge in [-0.2, -0.15) is 0 Å². The van der Waals surface area contributed by atoms with E-state index in [1.807, 2.05) is 42.5 Å². The second-order valence-corrected chi connectivity index (χ2v) is 5.49. The van der Waals surface area contributed by atoms with Gasteiger partial charge in [0.2, 0.25) is 0 Å². The molecular weight excluding hydrogens is 262 g/mol. The van der Waals surface area contributed by atoms with Gasteiger partial charge in [-0.3, -0.25) is 4.79 Å². The minimum atomic E-state index is -0.383. The van der Waals surface area contributed by atoms with Gasteiger partial charge in [0, 0.05) is 18.7 Å². The first kappa shape index (κ1) is 13.8. The highest BCUT2D eigenvalue weighted by Crippen LogP contribution is 2.20. The van der Waals surface area contributed by atoms with E-state index >= 15 is 0 Å². The van der Waals surface area contributed by atoms with Crippen LogP contribution >= 0.6 is 0 Å². The number of aliphatic hydroxyl groups is 1. The van der Waals surface area contributed by atoms with E-state index < -0.39 is 0 Å². The highest BCUT2D eigenvalue weighted by Gasteiger charge is 2.22. The molecule has 0 radical (unpaired) electrons. The number of carbonyl (C=O) groups is 1. The topological polar surface area (TPSA) is 40.5 Å². The molecule has 0 unspecified atom stereocenters. The van der Waals surface area contributed by atoms with Crippen LogP contribution in [0.5, 0.6) is 0 Å². The van der Waals surface area contributed by atoms with Crippen LogP contribution in [0, 0.1) is 0 Å². The van der Waals surface area contributed by atoms with Crippen LogP contribution in [-0.4, -0.2) is 35.1 Å². The number of likely N-dealkylation sites (tertiary alicyclic amines) is 1. The van der Waals surface area contributed by atoms with Crippen molar-refractivity contribution < 1.29 is 9.90 Å². The molecule has 1 atom stereocenters. The van der Waals surface area contributed by atoms with Crippen LogP contribution < -0.4 is 0 Å². The van der Waals surface area contributed by atoms with Crippen molar-refractivity contribution in [3.63, 3.8) is 0 Å². The van der Waals surface area contributed by atoms with Crippen molar-refractivity contribution in [3.8, 4) is 11.1 Å². The molecule has 1 saturated heterocycles. The van der Waals surface area contributed by atoms with Crippen molar-refractivity contribution >= 4 is 5.91 Å². The number of hydrogen-bond acceptors (Lipinski definition) is 2. The van der Waals surface area contributed by atoms with E-state index in [0.29, 0.717) is 12.1 Å². The zero-order valence-corrected chi connectivity index (χ0v) is 11.9. The van der Waals surface area contributed by atoms with Crippen LogP contribution in [0.3, 0.4) is 0 Å². The number of hydrogen-bond donors (Lipinski definition) is 1. The summed E-state index contributed by atoms with van der Waals surface area (Å²) in [5.74, 6) is 0.00774. The Kier molecular flexibility index (Phi) is 4.02. The first-order valence-electron chi connectivity index (χ1n) is 7.37. The Hall–Kier alpha value is -2.13. The van der Waals surface area contributed by atoms with Gasteiger partial charge in [0.15, 0.2) is 0 Å². The Bertz CT molecular complexity index is 607. The van der Waals surface area contributed by atoms with Crippen molar-refractivity contribution in [1.29, 1.82) is 0 Å². The van der Waals surface area contributed by atoms with Crippen LogP contribution in [0.4, 0.5) is 0 Å². The van der Waals surface area contributed by atoms with Crippen molar-refractivity contribution in [2.45, 2.75) is 18.9 Å². The molecule has 1 amide bonds. The molecule has 0 bridgehead atoms. The van der Waals surface area contributed by atoms with E-state index in [2.05, 4.69) is 12.1 Å². The molecule has 1 aliphatic heterocycles. The lowest BCUT2D eigenvalue weighted by atomic mass is 10.0. The van der Waals surface area contributed by atoms with E-state index in [0.717, 1.165) is 30.5 Å². The maximum atomic E-state index is 12.4. The Morgan fingerprint density at radius 2 is 1.67 bits per heavy atom. The highest BCUT2D eigenvalue weighted by atomic mass is 16.3. The number of benzene rings is 2. The maximum absolute atomic E-state index is 12.4. The number of piperidine rings is 1. The highest BCUT2D eigenvalue weighted by molar-refractivity contribution is 5.94. The average molecular weight is 281 g/mol. The third-order valence-corrected chi connectivity index (χ3v) is 3.92. The molecular formula is C18H19NO2. The lowest BCUT2D eigenvalue weighted by Crippen LogP contribution is -2.42. The smallest absolute Gasteiger partial charge is 0.253 e. The van der Waals surface area contributed by atoms with E-state index in [-0.39, 0.29) is 12.0 Å².